The zero-order valence-corrected chi connectivity index (χ0v) is 18.8. The monoisotopic (exact) mass is 424 g/mol. The minimum atomic E-state index is -0.360. The number of likely N-dealkylation sites (tertiary alicyclic amines) is 1. The molecule has 2 atom stereocenters. The van der Waals surface area contributed by atoms with Crippen LogP contribution in [0, 0.1) is 11.8 Å². The van der Waals surface area contributed by atoms with Crippen molar-refractivity contribution in [3.05, 3.63) is 59.7 Å². The molecule has 1 aliphatic heterocycles. The summed E-state index contributed by atoms with van der Waals surface area (Å²) in [6.45, 7) is 5.70. The fourth-order valence-electron chi connectivity index (χ4n) is 4.06. The molecule has 6 heteroatoms. The van der Waals surface area contributed by atoms with Gasteiger partial charge in [-0.25, -0.2) is 0 Å². The van der Waals surface area contributed by atoms with Crippen molar-refractivity contribution in [1.82, 2.24) is 10.2 Å². The molecule has 1 N–H and O–H groups in total. The maximum absolute atomic E-state index is 13.1. The van der Waals surface area contributed by atoms with Gasteiger partial charge in [-0.2, -0.15) is 0 Å². The van der Waals surface area contributed by atoms with Crippen LogP contribution in [-0.4, -0.2) is 50.6 Å². The Hall–Kier alpha value is -3.02. The number of rotatable bonds is 8. The Labute approximate surface area is 184 Å². The lowest BCUT2D eigenvalue weighted by Crippen LogP contribution is -2.36. The van der Waals surface area contributed by atoms with Crippen molar-refractivity contribution in [2.45, 2.75) is 26.2 Å². The Morgan fingerprint density at radius 1 is 1.06 bits per heavy atom. The maximum Gasteiger partial charge on any atom is 0.253 e. The largest absolute Gasteiger partial charge is 0.497 e. The summed E-state index contributed by atoms with van der Waals surface area (Å²) < 4.78 is 11.0. The highest BCUT2D eigenvalue weighted by molar-refractivity contribution is 5.95. The average Bonchev–Trinajstić information content (AvgIpc) is 3.23. The number of methoxy groups -OCH3 is 2. The highest BCUT2D eigenvalue weighted by atomic mass is 16.5. The van der Waals surface area contributed by atoms with E-state index in [-0.39, 0.29) is 23.7 Å². The highest BCUT2D eigenvalue weighted by Crippen LogP contribution is 2.40. The summed E-state index contributed by atoms with van der Waals surface area (Å²) in [5.41, 5.74) is 1.51. The summed E-state index contributed by atoms with van der Waals surface area (Å²) in [7, 11) is 3.23. The number of carbonyl (C=O) groups is 2. The van der Waals surface area contributed by atoms with Crippen molar-refractivity contribution >= 4 is 11.8 Å². The van der Waals surface area contributed by atoms with Crippen LogP contribution < -0.4 is 14.8 Å². The molecule has 0 aromatic heterocycles. The predicted molar refractivity (Wildman–Crippen MR) is 121 cm³/mol. The molecule has 31 heavy (non-hydrogen) atoms. The number of hydrogen-bond acceptors (Lipinski definition) is 4. The number of hydrogen-bond donors (Lipinski definition) is 1. The molecule has 0 spiro atoms. The first-order valence-electron chi connectivity index (χ1n) is 10.8. The van der Waals surface area contributed by atoms with Crippen LogP contribution >= 0.6 is 0 Å². The van der Waals surface area contributed by atoms with Crippen molar-refractivity contribution in [2.75, 3.05) is 33.9 Å². The Morgan fingerprint density at radius 2 is 1.81 bits per heavy atom. The van der Waals surface area contributed by atoms with Crippen LogP contribution in [0.5, 0.6) is 11.5 Å². The zero-order valence-electron chi connectivity index (χ0n) is 18.8. The Kier molecular flexibility index (Phi) is 7.55. The molecular formula is C25H32N2O4. The van der Waals surface area contributed by atoms with Crippen molar-refractivity contribution in [1.29, 1.82) is 0 Å². The van der Waals surface area contributed by atoms with E-state index in [0.717, 1.165) is 12.0 Å². The summed E-state index contributed by atoms with van der Waals surface area (Å²) >= 11 is 0. The van der Waals surface area contributed by atoms with Gasteiger partial charge in [0.2, 0.25) is 5.91 Å². The van der Waals surface area contributed by atoms with Gasteiger partial charge in [0, 0.05) is 36.7 Å². The number of carbonyl (C=O) groups excluding carboxylic acids is 2. The molecular weight excluding hydrogens is 392 g/mol. The van der Waals surface area contributed by atoms with Crippen LogP contribution in [0.3, 0.4) is 0 Å². The molecule has 0 bridgehead atoms. The number of nitrogens with zero attached hydrogens (tertiary/aromatic N) is 1. The molecule has 6 nitrogen and oxygen atoms in total. The van der Waals surface area contributed by atoms with Crippen molar-refractivity contribution in [3.8, 4) is 11.5 Å². The molecule has 2 aromatic carbocycles. The van der Waals surface area contributed by atoms with E-state index in [4.69, 9.17) is 9.47 Å². The number of amides is 2. The van der Waals surface area contributed by atoms with Gasteiger partial charge in [0.1, 0.15) is 11.5 Å². The molecule has 0 radical (unpaired) electrons. The van der Waals surface area contributed by atoms with Gasteiger partial charge in [-0.15, -0.1) is 0 Å². The third kappa shape index (κ3) is 5.37. The molecule has 2 amide bonds. The molecule has 3 rings (SSSR count). The fourth-order valence-corrected chi connectivity index (χ4v) is 4.06. The Bertz CT molecular complexity index is 898. The Balaban J connectivity index is 1.89. The van der Waals surface area contributed by atoms with Crippen LogP contribution in [0.2, 0.25) is 0 Å². The van der Waals surface area contributed by atoms with Crippen molar-refractivity contribution in [2.24, 2.45) is 11.8 Å². The van der Waals surface area contributed by atoms with E-state index in [1.807, 2.05) is 36.4 Å². The first-order valence-corrected chi connectivity index (χ1v) is 10.8. The summed E-state index contributed by atoms with van der Waals surface area (Å²) in [4.78, 5) is 28.0. The van der Waals surface area contributed by atoms with Gasteiger partial charge in [0.25, 0.3) is 5.91 Å². The molecule has 1 aliphatic rings. The normalized spacial score (nSPS) is 18.2. The molecule has 0 aliphatic carbocycles. The smallest absolute Gasteiger partial charge is 0.253 e. The topological polar surface area (TPSA) is 67.9 Å². The molecule has 1 heterocycles. The van der Waals surface area contributed by atoms with E-state index in [1.165, 1.54) is 0 Å². The minimum Gasteiger partial charge on any atom is -0.497 e. The predicted octanol–water partition coefficient (Wildman–Crippen LogP) is 3.72. The zero-order chi connectivity index (χ0) is 22.4. The van der Waals surface area contributed by atoms with Crippen LogP contribution in [0.15, 0.2) is 48.5 Å². The van der Waals surface area contributed by atoms with Crippen molar-refractivity contribution < 1.29 is 19.1 Å². The third-order valence-electron chi connectivity index (χ3n) is 5.82. The second-order valence-electron chi connectivity index (χ2n) is 8.37. The molecule has 1 saturated heterocycles. The maximum atomic E-state index is 13.1. The summed E-state index contributed by atoms with van der Waals surface area (Å²) in [5, 5.41) is 3.07. The van der Waals surface area contributed by atoms with Crippen LogP contribution in [0.25, 0.3) is 0 Å². The van der Waals surface area contributed by atoms with Gasteiger partial charge in [0.15, 0.2) is 0 Å². The summed E-state index contributed by atoms with van der Waals surface area (Å²) in [6.07, 6.45) is 0.915. The lowest BCUT2D eigenvalue weighted by Gasteiger charge is -2.21. The van der Waals surface area contributed by atoms with Gasteiger partial charge in [-0.05, 0) is 42.7 Å². The molecule has 0 saturated carbocycles. The number of nitrogens with one attached hydrogen (secondary N) is 1. The van der Waals surface area contributed by atoms with Crippen LogP contribution in [-0.2, 0) is 4.79 Å². The standard InChI is InChI=1S/C25H32N2O4/c1-17(2)12-13-26-24(28)22-16-27(25(29)18-8-6-5-7-9-18)15-21(22)20-14-19(30-3)10-11-23(20)31-4/h5-11,14,17,21-22H,12-13,15-16H2,1-4H3,(H,26,28). The first kappa shape index (κ1) is 22.7. The first-order chi connectivity index (χ1) is 14.9. The molecule has 2 aromatic rings. The van der Waals surface area contributed by atoms with E-state index >= 15 is 0 Å². The second kappa shape index (κ2) is 10.3. The second-order valence-corrected chi connectivity index (χ2v) is 8.37. The van der Waals surface area contributed by atoms with Crippen LogP contribution in [0.4, 0.5) is 0 Å². The summed E-state index contributed by atoms with van der Waals surface area (Å²) in [5.74, 6) is 1.26. The van der Waals surface area contributed by atoms with E-state index in [1.54, 1.807) is 31.3 Å². The number of ether oxygens (including phenoxy) is 2. The highest BCUT2D eigenvalue weighted by Gasteiger charge is 2.41. The number of benzene rings is 2. The third-order valence-corrected chi connectivity index (χ3v) is 5.82. The minimum absolute atomic E-state index is 0.0288. The van der Waals surface area contributed by atoms with E-state index in [2.05, 4.69) is 19.2 Å². The van der Waals surface area contributed by atoms with E-state index in [9.17, 15) is 9.59 Å². The molecule has 1 fully saturated rings. The SMILES string of the molecule is COc1ccc(OC)c(C2CN(C(=O)c3ccccc3)CC2C(=O)NCCC(C)C)c1. The van der Waals surface area contributed by atoms with E-state index in [0.29, 0.717) is 42.6 Å². The van der Waals surface area contributed by atoms with Crippen molar-refractivity contribution in [3.63, 3.8) is 0 Å². The van der Waals surface area contributed by atoms with Gasteiger partial charge < -0.3 is 19.7 Å². The van der Waals surface area contributed by atoms with Gasteiger partial charge >= 0.3 is 0 Å². The quantitative estimate of drug-likeness (QED) is 0.701. The van der Waals surface area contributed by atoms with Gasteiger partial charge in [0.05, 0.1) is 20.1 Å². The lowest BCUT2D eigenvalue weighted by atomic mass is 9.87. The summed E-state index contributed by atoms with van der Waals surface area (Å²) in [6, 6.07) is 14.8. The molecule has 166 valence electrons. The Morgan fingerprint density at radius 3 is 2.45 bits per heavy atom. The van der Waals surface area contributed by atoms with Gasteiger partial charge in [-0.1, -0.05) is 32.0 Å². The fraction of sp³-hybridized carbons (Fsp3) is 0.440. The van der Waals surface area contributed by atoms with E-state index < -0.39 is 0 Å². The average molecular weight is 425 g/mol. The molecule has 2 unspecified atom stereocenters. The lowest BCUT2D eigenvalue weighted by molar-refractivity contribution is -0.124. The van der Waals surface area contributed by atoms with Gasteiger partial charge in [-0.3, -0.25) is 9.59 Å². The van der Waals surface area contributed by atoms with Crippen LogP contribution in [0.1, 0.15) is 42.1 Å².